The van der Waals surface area contributed by atoms with E-state index in [0.29, 0.717) is 11.1 Å². The van der Waals surface area contributed by atoms with Crippen molar-refractivity contribution in [1.82, 2.24) is 0 Å². The first-order chi connectivity index (χ1) is 11.8. The first-order valence-electron chi connectivity index (χ1n) is 7.33. The van der Waals surface area contributed by atoms with Crippen LogP contribution in [0.1, 0.15) is 0 Å². The highest BCUT2D eigenvalue weighted by molar-refractivity contribution is 5.71. The second kappa shape index (κ2) is 6.55. The average Bonchev–Trinajstić information content (AvgIpc) is 2.57. The van der Waals surface area contributed by atoms with Gasteiger partial charge in [-0.1, -0.05) is 42.5 Å². The van der Waals surface area contributed by atoms with Crippen LogP contribution >= 0.6 is 0 Å². The van der Waals surface area contributed by atoms with Crippen molar-refractivity contribution < 1.29 is 22.0 Å². The van der Waals surface area contributed by atoms with Crippen LogP contribution in [0.2, 0.25) is 0 Å². The molecule has 1 nitrogen and oxygen atoms in total. The number of hydrogen-bond acceptors (Lipinski definition) is 1. The number of rotatable bonds is 3. The highest BCUT2D eigenvalue weighted by atomic mass is 19.4. The fraction of sp³-hybridized carbons (Fsp3) is 0.0526. The zero-order valence-electron chi connectivity index (χ0n) is 12.7. The van der Waals surface area contributed by atoms with Gasteiger partial charge in [0.1, 0.15) is 0 Å². The van der Waals surface area contributed by atoms with Gasteiger partial charge < -0.3 is 0 Å². The van der Waals surface area contributed by atoms with Gasteiger partial charge in [0.25, 0.3) is 0 Å². The van der Waals surface area contributed by atoms with Gasteiger partial charge in [0.15, 0.2) is 11.6 Å². The molecule has 3 aromatic rings. The fourth-order valence-electron chi connectivity index (χ4n) is 2.44. The molecule has 0 aliphatic carbocycles. The first kappa shape index (κ1) is 17.0. The van der Waals surface area contributed by atoms with Crippen LogP contribution in [-0.2, 0) is 0 Å². The summed E-state index contributed by atoms with van der Waals surface area (Å²) in [5, 5.41) is 1.43. The number of benzene rings is 3. The van der Waals surface area contributed by atoms with Gasteiger partial charge in [-0.2, -0.15) is 13.2 Å². The molecule has 0 aliphatic rings. The summed E-state index contributed by atoms with van der Waals surface area (Å²) < 4.78 is 63.1. The summed E-state index contributed by atoms with van der Waals surface area (Å²) in [5.41, 5.74) is 2.73. The molecule has 0 spiro atoms. The Morgan fingerprint density at radius 2 is 1.00 bits per heavy atom. The Bertz CT molecular complexity index is 868. The first-order valence-corrected chi connectivity index (χ1v) is 7.33. The van der Waals surface area contributed by atoms with Crippen molar-refractivity contribution in [3.63, 3.8) is 0 Å². The zero-order chi connectivity index (χ0) is 18.0. The molecule has 3 aromatic carbocycles. The van der Waals surface area contributed by atoms with Gasteiger partial charge >= 0.3 is 6.30 Å². The van der Waals surface area contributed by atoms with Crippen molar-refractivity contribution >= 4 is 5.69 Å². The van der Waals surface area contributed by atoms with E-state index in [1.54, 1.807) is 36.4 Å². The molecule has 0 atom stereocenters. The lowest BCUT2D eigenvalue weighted by atomic mass is 10.00. The minimum absolute atomic E-state index is 0.0466. The van der Waals surface area contributed by atoms with Crippen LogP contribution in [0.5, 0.6) is 0 Å². The molecule has 0 saturated heterocycles. The number of nitrogens with one attached hydrogen (secondary N) is 1. The van der Waals surface area contributed by atoms with Crippen LogP contribution in [0, 0.1) is 11.6 Å². The van der Waals surface area contributed by atoms with Crippen LogP contribution in [0.4, 0.5) is 27.6 Å². The fourth-order valence-corrected chi connectivity index (χ4v) is 2.44. The van der Waals surface area contributed by atoms with E-state index in [1.807, 2.05) is 0 Å². The van der Waals surface area contributed by atoms with Crippen molar-refractivity contribution in [2.45, 2.75) is 6.30 Å². The maximum atomic E-state index is 13.3. The van der Waals surface area contributed by atoms with Crippen LogP contribution in [0.3, 0.4) is 0 Å². The normalized spacial score (nSPS) is 11.4. The number of anilines is 1. The van der Waals surface area contributed by atoms with Gasteiger partial charge in [-0.05, 0) is 46.5 Å². The van der Waals surface area contributed by atoms with Crippen LogP contribution in [0.25, 0.3) is 22.3 Å². The second-order valence-electron chi connectivity index (χ2n) is 5.41. The Kier molecular flexibility index (Phi) is 4.44. The third-order valence-electron chi connectivity index (χ3n) is 3.64. The Hall–Kier alpha value is -2.89. The van der Waals surface area contributed by atoms with Crippen molar-refractivity contribution in [2.24, 2.45) is 0 Å². The predicted octanol–water partition coefficient (Wildman–Crippen LogP) is 6.23. The van der Waals surface area contributed by atoms with Gasteiger partial charge in [-0.15, -0.1) is 0 Å². The van der Waals surface area contributed by atoms with Crippen molar-refractivity contribution in [2.75, 3.05) is 5.32 Å². The Morgan fingerprint density at radius 3 is 1.48 bits per heavy atom. The molecule has 0 unspecified atom stereocenters. The third-order valence-corrected chi connectivity index (χ3v) is 3.64. The minimum Gasteiger partial charge on any atom is -0.298 e. The smallest absolute Gasteiger partial charge is 0.298 e. The Balaban J connectivity index is 1.81. The SMILES string of the molecule is Fc1ccc(-c2ccc(-c3ccc(NC(F)(F)F)cc3)cc2)cc1F. The summed E-state index contributed by atoms with van der Waals surface area (Å²) in [6.07, 6.45) is -4.48. The van der Waals surface area contributed by atoms with E-state index in [-0.39, 0.29) is 5.69 Å². The molecule has 0 amide bonds. The third kappa shape index (κ3) is 4.15. The standard InChI is InChI=1S/C19H12F5N/c20-17-10-7-15(11-18(17)21)14-3-1-12(2-4-14)13-5-8-16(9-6-13)25-19(22,23)24/h1-11,25H. The molecule has 0 saturated carbocycles. The number of hydrogen-bond donors (Lipinski definition) is 1. The van der Waals surface area contributed by atoms with E-state index in [0.717, 1.165) is 23.3 Å². The molecule has 0 aromatic heterocycles. The summed E-state index contributed by atoms with van der Waals surface area (Å²) in [6, 6.07) is 16.5. The topological polar surface area (TPSA) is 12.0 Å². The summed E-state index contributed by atoms with van der Waals surface area (Å²) >= 11 is 0. The van der Waals surface area contributed by atoms with Gasteiger partial charge in [0, 0.05) is 5.69 Å². The second-order valence-corrected chi connectivity index (χ2v) is 5.41. The van der Waals surface area contributed by atoms with Crippen molar-refractivity contribution in [3.8, 4) is 22.3 Å². The molecule has 128 valence electrons. The van der Waals surface area contributed by atoms with Crippen LogP contribution in [0.15, 0.2) is 66.7 Å². The molecule has 1 N–H and O–H groups in total. The molecule has 0 fully saturated rings. The summed E-state index contributed by atoms with van der Waals surface area (Å²) in [4.78, 5) is 0. The molecule has 0 aliphatic heterocycles. The van der Waals surface area contributed by atoms with Gasteiger partial charge in [0.05, 0.1) is 0 Å². The van der Waals surface area contributed by atoms with Crippen LogP contribution in [-0.4, -0.2) is 6.30 Å². The van der Waals surface area contributed by atoms with Crippen molar-refractivity contribution in [1.29, 1.82) is 0 Å². The van der Waals surface area contributed by atoms with E-state index < -0.39 is 17.9 Å². The molecule has 3 rings (SSSR count). The molecular weight excluding hydrogens is 337 g/mol. The van der Waals surface area contributed by atoms with E-state index in [2.05, 4.69) is 0 Å². The lowest BCUT2D eigenvalue weighted by molar-refractivity contribution is -0.0999. The van der Waals surface area contributed by atoms with Gasteiger partial charge in [-0.25, -0.2) is 8.78 Å². The summed E-state index contributed by atoms with van der Waals surface area (Å²) in [5.74, 6) is -1.83. The Labute approximate surface area is 140 Å². The Morgan fingerprint density at radius 1 is 0.560 bits per heavy atom. The molecule has 25 heavy (non-hydrogen) atoms. The molecule has 6 heteroatoms. The summed E-state index contributed by atoms with van der Waals surface area (Å²) in [6.45, 7) is 0. The lowest BCUT2D eigenvalue weighted by Gasteiger charge is -2.10. The highest BCUT2D eigenvalue weighted by Gasteiger charge is 2.26. The largest absolute Gasteiger partial charge is 0.482 e. The maximum absolute atomic E-state index is 13.3. The molecule has 0 radical (unpaired) electrons. The van der Waals surface area contributed by atoms with E-state index in [9.17, 15) is 22.0 Å². The zero-order valence-corrected chi connectivity index (χ0v) is 12.7. The van der Waals surface area contributed by atoms with E-state index in [1.165, 1.54) is 23.5 Å². The van der Waals surface area contributed by atoms with E-state index >= 15 is 0 Å². The molecular formula is C19H12F5N. The molecule has 0 heterocycles. The molecule has 0 bridgehead atoms. The van der Waals surface area contributed by atoms with Gasteiger partial charge in [0.2, 0.25) is 0 Å². The quantitative estimate of drug-likeness (QED) is 0.436. The minimum atomic E-state index is -4.48. The predicted molar refractivity (Wildman–Crippen MR) is 86.9 cm³/mol. The maximum Gasteiger partial charge on any atom is 0.482 e. The number of alkyl halides is 3. The van der Waals surface area contributed by atoms with Crippen LogP contribution < -0.4 is 5.32 Å². The van der Waals surface area contributed by atoms with Crippen molar-refractivity contribution in [3.05, 3.63) is 78.4 Å². The van der Waals surface area contributed by atoms with E-state index in [4.69, 9.17) is 0 Å². The highest BCUT2D eigenvalue weighted by Crippen LogP contribution is 2.27. The lowest BCUT2D eigenvalue weighted by Crippen LogP contribution is -2.20. The monoisotopic (exact) mass is 349 g/mol. The van der Waals surface area contributed by atoms with Gasteiger partial charge in [-0.3, -0.25) is 5.32 Å². The summed E-state index contributed by atoms with van der Waals surface area (Å²) in [7, 11) is 0. The number of halogens is 5. The average molecular weight is 349 g/mol.